The van der Waals surface area contributed by atoms with Crippen molar-refractivity contribution in [2.75, 3.05) is 87.9 Å². The van der Waals surface area contributed by atoms with Gasteiger partial charge in [-0.25, -0.2) is 26.3 Å². The van der Waals surface area contributed by atoms with Crippen LogP contribution in [0.25, 0.3) is 0 Å². The lowest BCUT2D eigenvalue weighted by atomic mass is 9.69. The second kappa shape index (κ2) is 22.3. The Labute approximate surface area is 478 Å². The van der Waals surface area contributed by atoms with E-state index in [1.54, 1.807) is 72.4 Å². The van der Waals surface area contributed by atoms with Crippen LogP contribution >= 0.6 is 23.2 Å². The van der Waals surface area contributed by atoms with Gasteiger partial charge in [0.25, 0.3) is 11.8 Å². The van der Waals surface area contributed by atoms with E-state index in [0.29, 0.717) is 64.0 Å². The molecule has 0 unspecified atom stereocenters. The van der Waals surface area contributed by atoms with Gasteiger partial charge in [0.1, 0.15) is 11.5 Å². The highest BCUT2D eigenvalue weighted by Gasteiger charge is 2.47. The van der Waals surface area contributed by atoms with E-state index in [4.69, 9.17) is 32.7 Å². The summed E-state index contributed by atoms with van der Waals surface area (Å²) in [7, 11) is -4.28. The lowest BCUT2D eigenvalue weighted by Crippen LogP contribution is -2.50. The summed E-state index contributed by atoms with van der Waals surface area (Å²) in [5.41, 5.74) is 6.38. The van der Waals surface area contributed by atoms with Crippen LogP contribution in [0.15, 0.2) is 97.1 Å². The smallest absolute Gasteiger partial charge is 0.264 e. The van der Waals surface area contributed by atoms with E-state index in [1.807, 2.05) is 12.1 Å². The van der Waals surface area contributed by atoms with E-state index in [2.05, 4.69) is 43.5 Å². The van der Waals surface area contributed by atoms with Gasteiger partial charge in [0.2, 0.25) is 31.9 Å². The number of likely N-dealkylation sites (N-methyl/N-ethyl adjacent to an activating group) is 2. The molecule has 20 heteroatoms. The zero-order chi connectivity index (χ0) is 56.1. The number of sulfonamides is 2. The lowest BCUT2D eigenvalue weighted by Gasteiger charge is -2.44. The van der Waals surface area contributed by atoms with E-state index in [-0.39, 0.29) is 68.9 Å². The molecule has 424 valence electrons. The average Bonchev–Trinajstić information content (AvgIpc) is 3.77. The Bertz CT molecular complexity index is 3210. The number of amides is 4. The van der Waals surface area contributed by atoms with Crippen molar-refractivity contribution in [3.63, 3.8) is 0 Å². The van der Waals surface area contributed by atoms with Crippen LogP contribution in [-0.4, -0.2) is 128 Å². The Morgan fingerprint density at radius 1 is 0.550 bits per heavy atom. The van der Waals surface area contributed by atoms with Gasteiger partial charge in [0, 0.05) is 97.2 Å². The Balaban J connectivity index is 0.000000169. The molecule has 4 aromatic carbocycles. The number of aryl methyl sites for hydroxylation is 2. The fourth-order valence-electron chi connectivity index (χ4n) is 13.4. The molecule has 16 nitrogen and oxygen atoms in total. The summed E-state index contributed by atoms with van der Waals surface area (Å²) in [5, 5.41) is 1.44. The Kier molecular flexibility index (Phi) is 15.6. The van der Waals surface area contributed by atoms with Crippen molar-refractivity contribution in [3.8, 4) is 11.5 Å². The molecule has 4 aliphatic heterocycles. The number of hydrogen-bond acceptors (Lipinski definition) is 12. The van der Waals surface area contributed by atoms with Crippen LogP contribution in [0.3, 0.4) is 0 Å². The number of anilines is 2. The van der Waals surface area contributed by atoms with Crippen LogP contribution in [0.1, 0.15) is 94.3 Å². The minimum absolute atomic E-state index is 0.0802. The first-order chi connectivity index (χ1) is 38.3. The van der Waals surface area contributed by atoms with Crippen molar-refractivity contribution < 1.29 is 45.5 Å². The molecule has 6 atom stereocenters. The molecule has 12 rings (SSSR count). The predicted octanol–water partition coefficient (Wildman–Crippen LogP) is 7.85. The van der Waals surface area contributed by atoms with Crippen LogP contribution in [0.4, 0.5) is 11.4 Å². The molecule has 0 radical (unpaired) electrons. The molecule has 2 saturated carbocycles. The normalized spacial score (nSPS) is 28.9. The quantitative estimate of drug-likeness (QED) is 0.162. The SMILES string of the molecule is CN1C/C=C/CS(=O)(=O)NC(=O)c2ccc3c(c2)N(C[C@@H]2CC[C@H]2C1=O)C[C@@]1(CCCc2cc(Cl)ccc21)CO3.CN1C/C=C\CS(=O)(=O)NC(=O)c2ccc3c(c2)N(C[C@@H]2CC[C@H]2C1=O)C[C@@]1(CCCc2cc(Cl)ccc21)CO3. The van der Waals surface area contributed by atoms with Gasteiger partial charge >= 0.3 is 0 Å². The van der Waals surface area contributed by atoms with E-state index in [0.717, 1.165) is 85.6 Å². The zero-order valence-corrected chi connectivity index (χ0v) is 48.3. The van der Waals surface area contributed by atoms with Gasteiger partial charge in [0.15, 0.2) is 0 Å². The Hall–Kier alpha value is -6.08. The summed E-state index contributed by atoms with van der Waals surface area (Å²) in [6.45, 7) is 4.19. The minimum atomic E-state index is -3.89. The summed E-state index contributed by atoms with van der Waals surface area (Å²) in [6.07, 6.45) is 15.7. The van der Waals surface area contributed by atoms with Crippen molar-refractivity contribution >= 4 is 78.3 Å². The van der Waals surface area contributed by atoms with Crippen molar-refractivity contribution in [1.29, 1.82) is 0 Å². The maximum absolute atomic E-state index is 13.3. The second-order valence-corrected chi connectivity index (χ2v) is 27.7. The molecule has 4 aromatic rings. The van der Waals surface area contributed by atoms with Crippen LogP contribution in [0.2, 0.25) is 10.0 Å². The first kappa shape index (κ1) is 55.8. The third-order valence-corrected chi connectivity index (χ3v) is 20.7. The summed E-state index contributed by atoms with van der Waals surface area (Å²) in [5.74, 6) is -0.429. The van der Waals surface area contributed by atoms with Crippen molar-refractivity contribution in [2.24, 2.45) is 23.7 Å². The lowest BCUT2D eigenvalue weighted by molar-refractivity contribution is -0.139. The first-order valence-corrected chi connectivity index (χ1v) is 31.9. The fraction of sp³-hybridized carbons (Fsp3) is 0.467. The van der Waals surface area contributed by atoms with E-state index >= 15 is 0 Å². The van der Waals surface area contributed by atoms with Crippen LogP contribution in [0, 0.1) is 23.7 Å². The highest BCUT2D eigenvalue weighted by atomic mass is 35.5. The molecule has 8 aliphatic rings. The number of hydrogen-bond donors (Lipinski definition) is 2. The average molecular weight is 1170 g/mol. The molecule has 4 aliphatic carbocycles. The molecular weight excluding hydrogens is 1100 g/mol. The van der Waals surface area contributed by atoms with Gasteiger partial charge in [-0.2, -0.15) is 0 Å². The van der Waals surface area contributed by atoms with Crippen LogP contribution in [-0.2, 0) is 53.3 Å². The number of nitrogens with one attached hydrogen (secondary N) is 2. The molecular formula is C60H68Cl2N6O10S2. The van der Waals surface area contributed by atoms with E-state index in [1.165, 1.54) is 34.4 Å². The van der Waals surface area contributed by atoms with Crippen molar-refractivity contribution in [2.45, 2.75) is 75.0 Å². The maximum Gasteiger partial charge on any atom is 0.264 e. The molecule has 0 saturated heterocycles. The molecule has 4 amide bonds. The number of rotatable bonds is 0. The summed E-state index contributed by atoms with van der Waals surface area (Å²) < 4.78 is 67.8. The molecule has 4 bridgehead atoms. The van der Waals surface area contributed by atoms with Gasteiger partial charge in [-0.05, 0) is 159 Å². The Morgan fingerprint density at radius 2 is 0.975 bits per heavy atom. The van der Waals surface area contributed by atoms with Gasteiger partial charge in [-0.3, -0.25) is 19.2 Å². The molecule has 4 heterocycles. The van der Waals surface area contributed by atoms with Gasteiger partial charge in [-0.1, -0.05) is 59.6 Å². The van der Waals surface area contributed by atoms with Crippen LogP contribution < -0.4 is 28.7 Å². The Morgan fingerprint density at radius 3 is 1.38 bits per heavy atom. The fourth-order valence-corrected chi connectivity index (χ4v) is 15.5. The molecule has 0 aromatic heterocycles. The summed E-state index contributed by atoms with van der Waals surface area (Å²) in [6, 6.07) is 22.4. The van der Waals surface area contributed by atoms with Crippen LogP contribution in [0.5, 0.6) is 11.5 Å². The molecule has 80 heavy (non-hydrogen) atoms. The number of carbonyl (C=O) groups excluding carboxylic acids is 4. The first-order valence-electron chi connectivity index (χ1n) is 27.8. The highest BCUT2D eigenvalue weighted by Crippen LogP contribution is 2.49. The van der Waals surface area contributed by atoms with E-state index < -0.39 is 31.9 Å². The molecule has 2 spiro atoms. The van der Waals surface area contributed by atoms with Crippen molar-refractivity contribution in [1.82, 2.24) is 19.2 Å². The van der Waals surface area contributed by atoms with Gasteiger partial charge in [-0.15, -0.1) is 0 Å². The number of benzene rings is 4. The third kappa shape index (κ3) is 11.4. The van der Waals surface area contributed by atoms with Gasteiger partial charge < -0.3 is 29.1 Å². The maximum atomic E-state index is 13.3. The second-order valence-electron chi connectivity index (χ2n) is 23.3. The number of ether oxygens (including phenoxy) is 2. The highest BCUT2D eigenvalue weighted by molar-refractivity contribution is 7.90. The largest absolute Gasteiger partial charge is 0.490 e. The van der Waals surface area contributed by atoms with Gasteiger partial charge in [0.05, 0.1) is 36.1 Å². The predicted molar refractivity (Wildman–Crippen MR) is 309 cm³/mol. The standard InChI is InChI=1S/2C30H34ClN3O5S/c2*1-33-13-2-3-14-40(37,38)32-28(35)21-7-11-27-26(16-21)34(17-22-6-9-24(22)29(33)36)18-30(19-39-27)12-4-5-20-15-23(31)8-10-25(20)30/h2*2-3,7-8,10-11,15-16,22,24H,4-6,9,12-14,17-19H2,1H3,(H,32,35)/b3-2+;3-2-/t2*22-,24+,30-/m00/s1. The zero-order valence-electron chi connectivity index (χ0n) is 45.1. The molecule has 2 N–H and O–H groups in total. The molecule has 2 fully saturated rings. The minimum Gasteiger partial charge on any atom is -0.490 e. The number of carbonyl (C=O) groups is 4. The summed E-state index contributed by atoms with van der Waals surface area (Å²) >= 11 is 12.7. The van der Waals surface area contributed by atoms with E-state index in [9.17, 15) is 36.0 Å². The third-order valence-electron chi connectivity index (χ3n) is 17.9. The topological polar surface area (TPSA) is 192 Å². The number of nitrogens with zero attached hydrogens (tertiary/aromatic N) is 4. The number of fused-ring (bicyclic) bond motifs is 8. The number of halogens is 2. The monoisotopic (exact) mass is 1170 g/mol. The summed E-state index contributed by atoms with van der Waals surface area (Å²) in [4.78, 5) is 60.7. The van der Waals surface area contributed by atoms with Crippen molar-refractivity contribution in [3.05, 3.63) is 141 Å².